The van der Waals surface area contributed by atoms with Crippen LogP contribution in [-0.4, -0.2) is 52.7 Å². The van der Waals surface area contributed by atoms with Crippen LogP contribution >= 0.6 is 0 Å². The Morgan fingerprint density at radius 2 is 1.67 bits per heavy atom. The number of hydrogen-bond donors (Lipinski definition) is 2. The van der Waals surface area contributed by atoms with Gasteiger partial charge in [0.2, 0.25) is 0 Å². The van der Waals surface area contributed by atoms with E-state index in [0.29, 0.717) is 11.3 Å². The molecular weight excluding hydrogens is 418 g/mol. The molecule has 0 bridgehead atoms. The van der Waals surface area contributed by atoms with Crippen LogP contribution in [0.3, 0.4) is 0 Å². The number of nitrogens with zero attached hydrogens (tertiary/aromatic N) is 3. The summed E-state index contributed by atoms with van der Waals surface area (Å²) in [5, 5.41) is 4.26. The lowest BCUT2D eigenvalue weighted by molar-refractivity contribution is -0.123. The predicted molar refractivity (Wildman–Crippen MR) is 125 cm³/mol. The summed E-state index contributed by atoms with van der Waals surface area (Å²) in [6.45, 7) is 3.67. The van der Waals surface area contributed by atoms with E-state index in [1.54, 1.807) is 10.9 Å². The maximum atomic E-state index is 12.4. The molecule has 0 aliphatic carbocycles. The summed E-state index contributed by atoms with van der Waals surface area (Å²) in [7, 11) is 0. The van der Waals surface area contributed by atoms with Gasteiger partial charge in [-0.25, -0.2) is 0 Å². The molecule has 0 radical (unpaired) electrons. The minimum Gasteiger partial charge on any atom is -0.483 e. The molecule has 2 N–H and O–H groups in total. The number of piperidine rings is 1. The lowest BCUT2D eigenvalue weighted by Crippen LogP contribution is -2.43. The van der Waals surface area contributed by atoms with Gasteiger partial charge in [-0.3, -0.25) is 25.1 Å². The Balaban J connectivity index is 1.23. The highest BCUT2D eigenvalue weighted by Crippen LogP contribution is 2.29. The van der Waals surface area contributed by atoms with Crippen molar-refractivity contribution in [2.45, 2.75) is 25.8 Å². The van der Waals surface area contributed by atoms with Crippen LogP contribution in [0.4, 0.5) is 0 Å². The quantitative estimate of drug-likeness (QED) is 0.519. The summed E-state index contributed by atoms with van der Waals surface area (Å²) in [5.74, 6) is -0.277. The van der Waals surface area contributed by atoms with Crippen LogP contribution in [0, 0.1) is 0 Å². The van der Waals surface area contributed by atoms with E-state index in [-0.39, 0.29) is 6.61 Å². The molecule has 0 spiro atoms. The average molecular weight is 448 g/mol. The lowest BCUT2D eigenvalue weighted by atomic mass is 10.1. The van der Waals surface area contributed by atoms with Crippen molar-refractivity contribution in [1.82, 2.24) is 25.5 Å². The molecule has 8 nitrogen and oxygen atoms in total. The van der Waals surface area contributed by atoms with Crippen LogP contribution in [-0.2, 0) is 11.3 Å². The molecule has 4 rings (SSSR count). The molecule has 3 aromatic rings. The summed E-state index contributed by atoms with van der Waals surface area (Å²) in [4.78, 5) is 27.0. The summed E-state index contributed by atoms with van der Waals surface area (Å²) in [5.41, 5.74) is 7.10. The van der Waals surface area contributed by atoms with Crippen LogP contribution in [0.15, 0.2) is 67.0 Å². The maximum absolute atomic E-state index is 12.4. The molecule has 8 heteroatoms. The molecule has 1 saturated heterocycles. The van der Waals surface area contributed by atoms with Gasteiger partial charge in [-0.15, -0.1) is 0 Å². The number of para-hydroxylation sites is 1. The summed E-state index contributed by atoms with van der Waals surface area (Å²) in [6.07, 6.45) is 6.99. The standard InChI is InChI=1S/C25H29N5O3/c31-24(19-33-23-12-6-5-11-22(23)20-9-3-1-4-10-20)27-28-25(32)21-17-26-30(18-21)16-15-29-13-7-2-8-14-29/h1,3-6,9-12,17-18H,2,7-8,13-16,19H2,(H,27,31)(H,28,32). The highest BCUT2D eigenvalue weighted by molar-refractivity contribution is 5.95. The van der Waals surface area contributed by atoms with Gasteiger partial charge in [0.25, 0.3) is 11.8 Å². The Morgan fingerprint density at radius 1 is 0.909 bits per heavy atom. The first kappa shape index (κ1) is 22.5. The number of ether oxygens (including phenoxy) is 1. The summed E-state index contributed by atoms with van der Waals surface area (Å²) < 4.78 is 7.46. The van der Waals surface area contributed by atoms with Gasteiger partial charge in [0.1, 0.15) is 5.75 Å². The van der Waals surface area contributed by atoms with E-state index in [1.165, 1.54) is 25.5 Å². The number of aromatic nitrogens is 2. The lowest BCUT2D eigenvalue weighted by Gasteiger charge is -2.26. The third-order valence-electron chi connectivity index (χ3n) is 5.64. The molecule has 1 aliphatic heterocycles. The Bertz CT molecular complexity index is 1060. The van der Waals surface area contributed by atoms with Crippen LogP contribution in [0.2, 0.25) is 0 Å². The number of carbonyl (C=O) groups excluding carboxylic acids is 2. The van der Waals surface area contributed by atoms with Crippen LogP contribution in [0.25, 0.3) is 11.1 Å². The molecule has 2 amide bonds. The molecule has 0 unspecified atom stereocenters. The summed E-state index contributed by atoms with van der Waals surface area (Å²) >= 11 is 0. The Labute approximate surface area is 193 Å². The third kappa shape index (κ3) is 6.43. The molecule has 2 aromatic carbocycles. The van der Waals surface area contributed by atoms with Crippen molar-refractivity contribution in [1.29, 1.82) is 0 Å². The van der Waals surface area contributed by atoms with E-state index in [0.717, 1.165) is 37.3 Å². The number of hydrogen-bond acceptors (Lipinski definition) is 5. The first-order valence-corrected chi connectivity index (χ1v) is 11.3. The predicted octanol–water partition coefficient (Wildman–Crippen LogP) is 2.88. The topological polar surface area (TPSA) is 88.5 Å². The second kappa shape index (κ2) is 11.3. The fourth-order valence-electron chi connectivity index (χ4n) is 3.86. The number of likely N-dealkylation sites (tertiary alicyclic amines) is 1. The number of benzene rings is 2. The zero-order chi connectivity index (χ0) is 22.9. The molecule has 0 atom stereocenters. The van der Waals surface area contributed by atoms with E-state index in [4.69, 9.17) is 4.74 Å². The van der Waals surface area contributed by atoms with Gasteiger partial charge in [-0.05, 0) is 37.6 Å². The van der Waals surface area contributed by atoms with Crippen LogP contribution in [0.1, 0.15) is 29.6 Å². The molecule has 2 heterocycles. The average Bonchev–Trinajstić information content (AvgIpc) is 3.35. The molecule has 1 aliphatic rings. The van der Waals surface area contributed by atoms with Gasteiger partial charge in [0.05, 0.1) is 18.3 Å². The van der Waals surface area contributed by atoms with Gasteiger partial charge in [-0.2, -0.15) is 5.10 Å². The van der Waals surface area contributed by atoms with E-state index >= 15 is 0 Å². The van der Waals surface area contributed by atoms with Gasteiger partial charge >= 0.3 is 0 Å². The Morgan fingerprint density at radius 3 is 2.48 bits per heavy atom. The van der Waals surface area contributed by atoms with Crippen LogP contribution in [0.5, 0.6) is 5.75 Å². The van der Waals surface area contributed by atoms with Crippen molar-refractivity contribution in [3.05, 3.63) is 72.6 Å². The zero-order valence-corrected chi connectivity index (χ0v) is 18.6. The highest BCUT2D eigenvalue weighted by atomic mass is 16.5. The van der Waals surface area contributed by atoms with E-state index in [9.17, 15) is 9.59 Å². The Hall–Kier alpha value is -3.65. The maximum Gasteiger partial charge on any atom is 0.276 e. The van der Waals surface area contributed by atoms with Gasteiger partial charge < -0.3 is 9.64 Å². The van der Waals surface area contributed by atoms with Crippen LogP contribution < -0.4 is 15.6 Å². The molecule has 0 saturated carbocycles. The molecule has 172 valence electrons. The highest BCUT2D eigenvalue weighted by Gasteiger charge is 2.13. The molecular formula is C25H29N5O3. The number of hydrazine groups is 1. The molecule has 33 heavy (non-hydrogen) atoms. The first-order valence-electron chi connectivity index (χ1n) is 11.3. The zero-order valence-electron chi connectivity index (χ0n) is 18.6. The minimum absolute atomic E-state index is 0.223. The second-order valence-electron chi connectivity index (χ2n) is 8.05. The number of rotatable bonds is 8. The number of amides is 2. The van der Waals surface area contributed by atoms with E-state index in [2.05, 4.69) is 20.9 Å². The minimum atomic E-state index is -0.455. The van der Waals surface area contributed by atoms with Gasteiger partial charge in [0.15, 0.2) is 6.61 Å². The number of nitrogens with one attached hydrogen (secondary N) is 2. The van der Waals surface area contributed by atoms with Crippen molar-refractivity contribution in [2.24, 2.45) is 0 Å². The SMILES string of the molecule is O=C(COc1ccccc1-c1ccccc1)NNC(=O)c1cnn(CCN2CCCCC2)c1. The van der Waals surface area contributed by atoms with E-state index < -0.39 is 11.8 Å². The third-order valence-corrected chi connectivity index (χ3v) is 5.64. The second-order valence-corrected chi connectivity index (χ2v) is 8.05. The van der Waals surface area contributed by atoms with Crippen molar-refractivity contribution in [2.75, 3.05) is 26.2 Å². The normalized spacial score (nSPS) is 13.9. The molecule has 1 aromatic heterocycles. The van der Waals surface area contributed by atoms with Gasteiger partial charge in [0, 0.05) is 18.3 Å². The fraction of sp³-hybridized carbons (Fsp3) is 0.320. The molecule has 1 fully saturated rings. The fourth-order valence-corrected chi connectivity index (χ4v) is 3.86. The monoisotopic (exact) mass is 447 g/mol. The Kier molecular flexibility index (Phi) is 7.71. The largest absolute Gasteiger partial charge is 0.483 e. The van der Waals surface area contributed by atoms with Crippen molar-refractivity contribution < 1.29 is 14.3 Å². The van der Waals surface area contributed by atoms with Gasteiger partial charge in [-0.1, -0.05) is 55.0 Å². The number of carbonyl (C=O) groups is 2. The van der Waals surface area contributed by atoms with Crippen molar-refractivity contribution in [3.63, 3.8) is 0 Å². The smallest absolute Gasteiger partial charge is 0.276 e. The van der Waals surface area contributed by atoms with Crippen molar-refractivity contribution >= 4 is 11.8 Å². The van der Waals surface area contributed by atoms with Crippen molar-refractivity contribution in [3.8, 4) is 16.9 Å². The summed E-state index contributed by atoms with van der Waals surface area (Å²) in [6, 6.07) is 17.3. The van der Waals surface area contributed by atoms with E-state index in [1.807, 2.05) is 54.6 Å². The first-order chi connectivity index (χ1) is 16.2.